The van der Waals surface area contributed by atoms with Crippen molar-refractivity contribution in [1.29, 1.82) is 0 Å². The normalized spacial score (nSPS) is 15.6. The highest BCUT2D eigenvalue weighted by Gasteiger charge is 2.26. The molecular formula is C20H26FN5O3. The number of hydrogen-bond donors (Lipinski definition) is 2. The molecular weight excluding hydrogens is 377 g/mol. The molecule has 2 heterocycles. The number of rotatable bonds is 5. The Hall–Kier alpha value is -3.10. The Morgan fingerprint density at radius 2 is 1.97 bits per heavy atom. The molecule has 0 spiro atoms. The number of urea groups is 1. The first-order valence-electron chi connectivity index (χ1n) is 9.69. The van der Waals surface area contributed by atoms with Crippen molar-refractivity contribution in [3.8, 4) is 0 Å². The standard InChI is InChI=1S/C20H26FN5O3/c1-3-29-20(28)26-11-8-16(9-12-26)23-19(27)24-17(18-22-10-13-25(18)2)14-4-6-15(21)7-5-14/h4-7,10,13,16-17H,3,8-9,11-12H2,1-2H3,(H2,23,24,27). The quantitative estimate of drug-likeness (QED) is 0.803. The molecule has 8 nitrogen and oxygen atoms in total. The Kier molecular flexibility index (Phi) is 6.69. The Morgan fingerprint density at radius 3 is 2.55 bits per heavy atom. The number of nitrogens with one attached hydrogen (secondary N) is 2. The van der Waals surface area contributed by atoms with Gasteiger partial charge in [-0.15, -0.1) is 0 Å². The van der Waals surface area contributed by atoms with Gasteiger partial charge >= 0.3 is 12.1 Å². The third kappa shape index (κ3) is 5.24. The fraction of sp³-hybridized carbons (Fsp3) is 0.450. The van der Waals surface area contributed by atoms with Gasteiger partial charge in [0.25, 0.3) is 0 Å². The summed E-state index contributed by atoms with van der Waals surface area (Å²) in [6.45, 7) is 3.18. The first-order chi connectivity index (χ1) is 14.0. The summed E-state index contributed by atoms with van der Waals surface area (Å²) in [6, 6.07) is 5.08. The van der Waals surface area contributed by atoms with Crippen molar-refractivity contribution in [1.82, 2.24) is 25.1 Å². The Morgan fingerprint density at radius 1 is 1.28 bits per heavy atom. The van der Waals surface area contributed by atoms with Gasteiger partial charge in [-0.05, 0) is 37.5 Å². The van der Waals surface area contributed by atoms with Crippen LogP contribution in [0.3, 0.4) is 0 Å². The van der Waals surface area contributed by atoms with Crippen LogP contribution in [0.15, 0.2) is 36.7 Å². The molecule has 0 saturated carbocycles. The van der Waals surface area contributed by atoms with E-state index in [1.165, 1.54) is 12.1 Å². The van der Waals surface area contributed by atoms with E-state index in [9.17, 15) is 14.0 Å². The van der Waals surface area contributed by atoms with Crippen LogP contribution in [0.25, 0.3) is 0 Å². The molecule has 2 aromatic rings. The molecule has 3 amide bonds. The zero-order chi connectivity index (χ0) is 20.8. The molecule has 1 atom stereocenters. The number of carbonyl (C=O) groups excluding carboxylic acids is 2. The van der Waals surface area contributed by atoms with E-state index in [0.29, 0.717) is 38.4 Å². The van der Waals surface area contributed by atoms with Crippen molar-refractivity contribution in [3.05, 3.63) is 53.9 Å². The SMILES string of the molecule is CCOC(=O)N1CCC(NC(=O)NC(c2ccc(F)cc2)c2nccn2C)CC1. The molecule has 1 aromatic carbocycles. The molecule has 2 N–H and O–H groups in total. The summed E-state index contributed by atoms with van der Waals surface area (Å²) in [7, 11) is 1.84. The molecule has 1 aromatic heterocycles. The molecule has 3 rings (SSSR count). The predicted molar refractivity (Wildman–Crippen MR) is 105 cm³/mol. The fourth-order valence-corrected chi connectivity index (χ4v) is 3.39. The lowest BCUT2D eigenvalue weighted by Crippen LogP contribution is -2.50. The van der Waals surface area contributed by atoms with Crippen molar-refractivity contribution in [2.45, 2.75) is 31.8 Å². The van der Waals surface area contributed by atoms with Crippen LogP contribution in [0.1, 0.15) is 37.2 Å². The summed E-state index contributed by atoms with van der Waals surface area (Å²) in [6.07, 6.45) is 4.42. The highest BCUT2D eigenvalue weighted by molar-refractivity contribution is 5.75. The largest absolute Gasteiger partial charge is 0.450 e. The summed E-state index contributed by atoms with van der Waals surface area (Å²) in [5.74, 6) is 0.300. The number of imidazole rings is 1. The fourth-order valence-electron chi connectivity index (χ4n) is 3.39. The third-order valence-electron chi connectivity index (χ3n) is 4.95. The van der Waals surface area contributed by atoms with Crippen LogP contribution >= 0.6 is 0 Å². The molecule has 9 heteroatoms. The van der Waals surface area contributed by atoms with Crippen LogP contribution in [0.2, 0.25) is 0 Å². The number of halogens is 1. The van der Waals surface area contributed by atoms with Crippen molar-refractivity contribution in [2.75, 3.05) is 19.7 Å². The number of carbonyl (C=O) groups is 2. The van der Waals surface area contributed by atoms with Gasteiger partial charge in [-0.25, -0.2) is 19.0 Å². The van der Waals surface area contributed by atoms with E-state index in [-0.39, 0.29) is 24.0 Å². The van der Waals surface area contributed by atoms with E-state index in [0.717, 1.165) is 5.56 Å². The zero-order valence-corrected chi connectivity index (χ0v) is 16.6. The van der Waals surface area contributed by atoms with Gasteiger partial charge < -0.3 is 24.8 Å². The van der Waals surface area contributed by atoms with Gasteiger partial charge in [-0.3, -0.25) is 0 Å². The van der Waals surface area contributed by atoms with Gasteiger partial charge in [0.1, 0.15) is 17.7 Å². The minimum Gasteiger partial charge on any atom is -0.450 e. The van der Waals surface area contributed by atoms with Gasteiger partial charge in [-0.2, -0.15) is 0 Å². The minimum absolute atomic E-state index is 0.0454. The van der Waals surface area contributed by atoms with Crippen molar-refractivity contribution in [2.24, 2.45) is 7.05 Å². The second kappa shape index (κ2) is 9.40. The van der Waals surface area contributed by atoms with E-state index in [1.807, 2.05) is 11.6 Å². The van der Waals surface area contributed by atoms with Crippen molar-refractivity contribution < 1.29 is 18.7 Å². The van der Waals surface area contributed by atoms with Gasteiger partial charge in [0.15, 0.2) is 0 Å². The topological polar surface area (TPSA) is 88.5 Å². The summed E-state index contributed by atoms with van der Waals surface area (Å²) < 4.78 is 20.1. The summed E-state index contributed by atoms with van der Waals surface area (Å²) >= 11 is 0. The average Bonchev–Trinajstić information content (AvgIpc) is 3.13. The van der Waals surface area contributed by atoms with Crippen LogP contribution < -0.4 is 10.6 Å². The molecule has 0 radical (unpaired) electrons. The first kappa shape index (κ1) is 20.6. The Balaban J connectivity index is 1.62. The maximum Gasteiger partial charge on any atom is 0.409 e. The summed E-state index contributed by atoms with van der Waals surface area (Å²) in [4.78, 5) is 30.4. The van der Waals surface area contributed by atoms with Gasteiger partial charge in [-0.1, -0.05) is 12.1 Å². The highest BCUT2D eigenvalue weighted by Crippen LogP contribution is 2.21. The lowest BCUT2D eigenvalue weighted by atomic mass is 10.0. The van der Waals surface area contributed by atoms with Crippen LogP contribution in [-0.2, 0) is 11.8 Å². The molecule has 29 heavy (non-hydrogen) atoms. The van der Waals surface area contributed by atoms with Gasteiger partial charge in [0.2, 0.25) is 0 Å². The van der Waals surface area contributed by atoms with Crippen LogP contribution in [0.5, 0.6) is 0 Å². The zero-order valence-electron chi connectivity index (χ0n) is 16.6. The monoisotopic (exact) mass is 403 g/mol. The van der Waals surface area contributed by atoms with Crippen LogP contribution in [0, 0.1) is 5.82 Å². The molecule has 1 aliphatic heterocycles. The molecule has 1 unspecified atom stereocenters. The number of hydrogen-bond acceptors (Lipinski definition) is 4. The second-order valence-corrected chi connectivity index (χ2v) is 6.96. The lowest BCUT2D eigenvalue weighted by molar-refractivity contribution is 0.0957. The van der Waals surface area contributed by atoms with E-state index >= 15 is 0 Å². The van der Waals surface area contributed by atoms with E-state index in [2.05, 4.69) is 15.6 Å². The smallest absolute Gasteiger partial charge is 0.409 e. The van der Waals surface area contributed by atoms with Crippen LogP contribution in [-0.4, -0.2) is 52.3 Å². The molecule has 1 aliphatic rings. The first-order valence-corrected chi connectivity index (χ1v) is 9.69. The lowest BCUT2D eigenvalue weighted by Gasteiger charge is -2.32. The third-order valence-corrected chi connectivity index (χ3v) is 4.95. The molecule has 1 fully saturated rings. The number of aryl methyl sites for hydroxylation is 1. The minimum atomic E-state index is -0.518. The number of likely N-dealkylation sites (tertiary alicyclic amines) is 1. The van der Waals surface area contributed by atoms with Gasteiger partial charge in [0, 0.05) is 38.6 Å². The Labute approximate surface area is 169 Å². The highest BCUT2D eigenvalue weighted by atomic mass is 19.1. The van der Waals surface area contributed by atoms with Crippen molar-refractivity contribution in [3.63, 3.8) is 0 Å². The number of piperidine rings is 1. The maximum absolute atomic E-state index is 13.3. The van der Waals surface area contributed by atoms with Crippen molar-refractivity contribution >= 4 is 12.1 Å². The average molecular weight is 403 g/mol. The van der Waals surface area contributed by atoms with Gasteiger partial charge in [0.05, 0.1) is 6.61 Å². The van der Waals surface area contributed by atoms with E-state index < -0.39 is 6.04 Å². The number of amides is 3. The number of aromatic nitrogens is 2. The Bertz CT molecular complexity index is 831. The maximum atomic E-state index is 13.3. The van der Waals surface area contributed by atoms with E-state index in [1.54, 1.807) is 36.4 Å². The summed E-state index contributed by atoms with van der Waals surface area (Å²) in [5.41, 5.74) is 0.730. The molecule has 0 bridgehead atoms. The number of benzene rings is 1. The predicted octanol–water partition coefficient (Wildman–Crippen LogP) is 2.57. The number of ether oxygens (including phenoxy) is 1. The molecule has 1 saturated heterocycles. The second-order valence-electron chi connectivity index (χ2n) is 6.96. The molecule has 156 valence electrons. The number of nitrogens with zero attached hydrogens (tertiary/aromatic N) is 3. The van der Waals surface area contributed by atoms with Crippen LogP contribution in [0.4, 0.5) is 14.0 Å². The molecule has 0 aliphatic carbocycles. The van der Waals surface area contributed by atoms with E-state index in [4.69, 9.17) is 4.74 Å². The summed E-state index contributed by atoms with van der Waals surface area (Å²) in [5, 5.41) is 5.90.